The number of amides is 2. The molecule has 124 valence electrons. The number of likely N-dealkylation sites (N-methyl/N-ethyl adjacent to an activating group) is 1. The van der Waals surface area contributed by atoms with Gasteiger partial charge < -0.3 is 15.5 Å². The van der Waals surface area contributed by atoms with E-state index in [2.05, 4.69) is 15.5 Å². The van der Waals surface area contributed by atoms with Crippen LogP contribution in [0.3, 0.4) is 0 Å². The number of rotatable bonds is 7. The first-order valence-corrected chi connectivity index (χ1v) is 7.47. The highest BCUT2D eigenvalue weighted by molar-refractivity contribution is 5.85. The molecule has 1 heterocycles. The molecule has 0 bridgehead atoms. The van der Waals surface area contributed by atoms with Crippen molar-refractivity contribution in [2.75, 3.05) is 46.8 Å². The van der Waals surface area contributed by atoms with Crippen LogP contribution in [0, 0.1) is 0 Å². The second-order valence-corrected chi connectivity index (χ2v) is 5.44. The summed E-state index contributed by atoms with van der Waals surface area (Å²) >= 11 is 0. The lowest BCUT2D eigenvalue weighted by atomic mass is 10.1. The van der Waals surface area contributed by atoms with Gasteiger partial charge in [0.2, 0.25) is 11.8 Å². The third-order valence-electron chi connectivity index (χ3n) is 3.73. The highest BCUT2D eigenvalue weighted by atomic mass is 35.5. The topological polar surface area (TPSA) is 64.7 Å². The van der Waals surface area contributed by atoms with Gasteiger partial charge in [-0.25, -0.2) is 0 Å². The normalized spacial score (nSPS) is 16.1. The third kappa shape index (κ3) is 7.64. The molecule has 1 saturated heterocycles. The minimum absolute atomic E-state index is 0. The van der Waals surface area contributed by atoms with E-state index >= 15 is 0 Å². The van der Waals surface area contributed by atoms with Crippen molar-refractivity contribution in [1.29, 1.82) is 0 Å². The molecule has 0 atom stereocenters. The molecule has 2 N–H and O–H groups in total. The molecule has 1 aliphatic rings. The zero-order valence-corrected chi connectivity index (χ0v) is 14.2. The lowest BCUT2D eigenvalue weighted by molar-refractivity contribution is -0.135. The average Bonchev–Trinajstić information content (AvgIpc) is 2.45. The number of hydrogen-bond acceptors (Lipinski definition) is 4. The van der Waals surface area contributed by atoms with Crippen LogP contribution in [-0.2, 0) is 9.59 Å². The van der Waals surface area contributed by atoms with Crippen molar-refractivity contribution in [1.82, 2.24) is 20.4 Å². The van der Waals surface area contributed by atoms with Gasteiger partial charge in [-0.3, -0.25) is 14.5 Å². The first-order valence-electron chi connectivity index (χ1n) is 7.47. The van der Waals surface area contributed by atoms with Crippen molar-refractivity contribution in [2.24, 2.45) is 0 Å². The third-order valence-corrected chi connectivity index (χ3v) is 3.73. The van der Waals surface area contributed by atoms with Crippen LogP contribution in [0.4, 0.5) is 0 Å². The van der Waals surface area contributed by atoms with Gasteiger partial charge in [0.1, 0.15) is 0 Å². The lowest BCUT2D eigenvalue weighted by Crippen LogP contribution is -2.47. The van der Waals surface area contributed by atoms with Gasteiger partial charge >= 0.3 is 0 Å². The molecule has 2 amide bonds. The fourth-order valence-electron chi connectivity index (χ4n) is 2.32. The van der Waals surface area contributed by atoms with E-state index in [4.69, 9.17) is 0 Å². The summed E-state index contributed by atoms with van der Waals surface area (Å²) in [5, 5.41) is 6.05. The molecule has 7 heteroatoms. The Morgan fingerprint density at radius 1 is 1.29 bits per heavy atom. The molecule has 0 aliphatic carbocycles. The number of hydrogen-bond donors (Lipinski definition) is 2. The Balaban J connectivity index is 0.00000400. The van der Waals surface area contributed by atoms with E-state index < -0.39 is 0 Å². The summed E-state index contributed by atoms with van der Waals surface area (Å²) in [5.41, 5.74) is 0. The van der Waals surface area contributed by atoms with Gasteiger partial charge in [0, 0.05) is 32.7 Å². The highest BCUT2D eigenvalue weighted by Crippen LogP contribution is 2.09. The maximum absolute atomic E-state index is 12.1. The zero-order valence-electron chi connectivity index (χ0n) is 13.4. The number of carbonyl (C=O) groups is 2. The second kappa shape index (κ2) is 10.8. The van der Waals surface area contributed by atoms with E-state index in [9.17, 15) is 9.59 Å². The largest absolute Gasteiger partial charge is 0.355 e. The molecule has 0 aromatic rings. The van der Waals surface area contributed by atoms with Gasteiger partial charge in [0.15, 0.2) is 0 Å². The molecule has 0 aromatic heterocycles. The molecule has 1 aliphatic heterocycles. The molecule has 0 unspecified atom stereocenters. The Morgan fingerprint density at radius 3 is 2.43 bits per heavy atom. The predicted molar refractivity (Wildman–Crippen MR) is 86.7 cm³/mol. The molecule has 0 saturated carbocycles. The van der Waals surface area contributed by atoms with E-state index in [0.717, 1.165) is 32.4 Å². The number of carbonyl (C=O) groups excluding carboxylic acids is 2. The van der Waals surface area contributed by atoms with Crippen molar-refractivity contribution < 1.29 is 9.59 Å². The van der Waals surface area contributed by atoms with Crippen molar-refractivity contribution in [3.8, 4) is 0 Å². The van der Waals surface area contributed by atoms with Crippen LogP contribution in [-0.4, -0.2) is 74.5 Å². The van der Waals surface area contributed by atoms with Crippen LogP contribution in [0.1, 0.15) is 26.2 Å². The van der Waals surface area contributed by atoms with Gasteiger partial charge in [-0.15, -0.1) is 12.4 Å². The summed E-state index contributed by atoms with van der Waals surface area (Å²) in [4.78, 5) is 27.3. The molecule has 0 aromatic carbocycles. The Morgan fingerprint density at radius 2 is 1.90 bits per heavy atom. The Bertz CT molecular complexity index is 320. The van der Waals surface area contributed by atoms with E-state index in [0.29, 0.717) is 19.1 Å². The fraction of sp³-hybridized carbons (Fsp3) is 0.857. The van der Waals surface area contributed by atoms with E-state index in [1.807, 2.05) is 14.0 Å². The van der Waals surface area contributed by atoms with Gasteiger partial charge in [0.25, 0.3) is 0 Å². The summed E-state index contributed by atoms with van der Waals surface area (Å²) in [7, 11) is 3.67. The minimum Gasteiger partial charge on any atom is -0.355 e. The standard InChI is InChI=1S/C14H28N4O2.ClH/c1-4-7-16-13(19)10-17(3)14(20)11-18-8-5-12(15-2)6-9-18;/h12,15H,4-11H2,1-3H3,(H,16,19);1H. The Hall–Kier alpha value is -0.850. The summed E-state index contributed by atoms with van der Waals surface area (Å²) < 4.78 is 0. The van der Waals surface area contributed by atoms with Crippen LogP contribution in [0.25, 0.3) is 0 Å². The molecule has 0 radical (unpaired) electrons. The van der Waals surface area contributed by atoms with Crippen LogP contribution in [0.5, 0.6) is 0 Å². The van der Waals surface area contributed by atoms with Crippen LogP contribution >= 0.6 is 12.4 Å². The van der Waals surface area contributed by atoms with Crippen molar-refractivity contribution in [3.05, 3.63) is 0 Å². The smallest absolute Gasteiger partial charge is 0.239 e. The highest BCUT2D eigenvalue weighted by Gasteiger charge is 2.21. The lowest BCUT2D eigenvalue weighted by Gasteiger charge is -2.32. The van der Waals surface area contributed by atoms with Gasteiger partial charge in [-0.1, -0.05) is 6.92 Å². The number of piperidine rings is 1. The SMILES string of the molecule is CCCNC(=O)CN(C)C(=O)CN1CCC(NC)CC1.Cl. The number of halogens is 1. The average molecular weight is 321 g/mol. The van der Waals surface area contributed by atoms with Crippen molar-refractivity contribution in [2.45, 2.75) is 32.2 Å². The van der Waals surface area contributed by atoms with E-state index in [1.54, 1.807) is 7.05 Å². The molecule has 1 rings (SSSR count). The number of nitrogens with zero attached hydrogens (tertiary/aromatic N) is 2. The van der Waals surface area contributed by atoms with Gasteiger partial charge in [0.05, 0.1) is 13.1 Å². The summed E-state index contributed by atoms with van der Waals surface area (Å²) in [5.74, 6) is -0.0730. The van der Waals surface area contributed by atoms with Gasteiger partial charge in [-0.05, 0) is 26.3 Å². The molecule has 1 fully saturated rings. The Kier molecular flexibility index (Phi) is 10.4. The van der Waals surface area contributed by atoms with Crippen LogP contribution in [0.15, 0.2) is 0 Å². The van der Waals surface area contributed by atoms with Crippen molar-refractivity contribution >= 4 is 24.2 Å². The molecule has 21 heavy (non-hydrogen) atoms. The number of nitrogens with one attached hydrogen (secondary N) is 2. The molecule has 6 nitrogen and oxygen atoms in total. The maximum Gasteiger partial charge on any atom is 0.239 e. The monoisotopic (exact) mass is 320 g/mol. The summed E-state index contributed by atoms with van der Waals surface area (Å²) in [6.45, 7) is 5.10. The summed E-state index contributed by atoms with van der Waals surface area (Å²) in [6.07, 6.45) is 3.05. The quantitative estimate of drug-likeness (QED) is 0.697. The number of likely N-dealkylation sites (tertiary alicyclic amines) is 1. The first kappa shape index (κ1) is 20.1. The minimum atomic E-state index is -0.0865. The van der Waals surface area contributed by atoms with E-state index in [1.165, 1.54) is 4.90 Å². The van der Waals surface area contributed by atoms with Crippen LogP contribution < -0.4 is 10.6 Å². The Labute approximate surface area is 134 Å². The summed E-state index contributed by atoms with van der Waals surface area (Å²) in [6, 6.07) is 0.568. The molecular formula is C14H29ClN4O2. The van der Waals surface area contributed by atoms with Gasteiger partial charge in [-0.2, -0.15) is 0 Å². The zero-order chi connectivity index (χ0) is 15.0. The first-order chi connectivity index (χ1) is 9.56. The van der Waals surface area contributed by atoms with Crippen LogP contribution in [0.2, 0.25) is 0 Å². The maximum atomic E-state index is 12.1. The molecular weight excluding hydrogens is 292 g/mol. The fourth-order valence-corrected chi connectivity index (χ4v) is 2.32. The van der Waals surface area contributed by atoms with Crippen molar-refractivity contribution in [3.63, 3.8) is 0 Å². The van der Waals surface area contributed by atoms with E-state index in [-0.39, 0.29) is 30.8 Å². The second-order valence-electron chi connectivity index (χ2n) is 5.44. The predicted octanol–water partition coefficient (Wildman–Crippen LogP) is 0.0766. The molecule has 0 spiro atoms.